The van der Waals surface area contributed by atoms with Gasteiger partial charge in [0.2, 0.25) is 0 Å². The van der Waals surface area contributed by atoms with E-state index in [1.165, 1.54) is 51.7 Å². The Morgan fingerprint density at radius 2 is 1.76 bits per heavy atom. The Bertz CT molecular complexity index is 221. The largest absolute Gasteiger partial charge is 0.314 e. The molecule has 17 heavy (non-hydrogen) atoms. The summed E-state index contributed by atoms with van der Waals surface area (Å²) in [4.78, 5) is 2.78. The van der Waals surface area contributed by atoms with Crippen LogP contribution in [0.2, 0.25) is 0 Å². The Balaban J connectivity index is 1.75. The Morgan fingerprint density at radius 1 is 1.06 bits per heavy atom. The second kappa shape index (κ2) is 6.19. The van der Waals surface area contributed by atoms with Gasteiger partial charge < -0.3 is 5.32 Å². The number of hydrogen-bond acceptors (Lipinski definition) is 2. The van der Waals surface area contributed by atoms with E-state index < -0.39 is 0 Å². The van der Waals surface area contributed by atoms with Crippen molar-refractivity contribution in [1.82, 2.24) is 10.2 Å². The van der Waals surface area contributed by atoms with Crippen LogP contribution in [0.15, 0.2) is 0 Å². The zero-order chi connectivity index (χ0) is 12.3. The van der Waals surface area contributed by atoms with Crippen LogP contribution in [0.25, 0.3) is 0 Å². The highest BCUT2D eigenvalue weighted by Crippen LogP contribution is 2.35. The van der Waals surface area contributed by atoms with Crippen LogP contribution in [0.3, 0.4) is 0 Å². The van der Waals surface area contributed by atoms with Crippen molar-refractivity contribution >= 4 is 0 Å². The molecule has 0 aromatic carbocycles. The van der Waals surface area contributed by atoms with Crippen LogP contribution in [0.4, 0.5) is 0 Å². The summed E-state index contributed by atoms with van der Waals surface area (Å²) >= 11 is 0. The molecule has 1 aliphatic carbocycles. The third-order valence-electron chi connectivity index (χ3n) is 5.10. The highest BCUT2D eigenvalue weighted by molar-refractivity contribution is 4.89. The third kappa shape index (κ3) is 3.23. The van der Waals surface area contributed by atoms with Gasteiger partial charge in [0.25, 0.3) is 0 Å². The number of rotatable bonds is 4. The van der Waals surface area contributed by atoms with Gasteiger partial charge in [0, 0.05) is 12.1 Å². The molecule has 1 saturated heterocycles. The quantitative estimate of drug-likeness (QED) is 0.810. The lowest BCUT2D eigenvalue weighted by molar-refractivity contribution is 0.116. The number of piperidine rings is 1. The van der Waals surface area contributed by atoms with E-state index in [0.717, 1.165) is 23.9 Å². The smallest absolute Gasteiger partial charge is 0.0123 e. The third-order valence-corrected chi connectivity index (χ3v) is 5.10. The predicted molar refractivity (Wildman–Crippen MR) is 74.2 cm³/mol. The first-order chi connectivity index (χ1) is 8.22. The molecule has 1 N–H and O–H groups in total. The topological polar surface area (TPSA) is 15.3 Å². The molecule has 1 aliphatic heterocycles. The molecule has 1 saturated carbocycles. The first-order valence-electron chi connectivity index (χ1n) is 7.69. The van der Waals surface area contributed by atoms with Crippen LogP contribution in [-0.2, 0) is 0 Å². The molecule has 2 heteroatoms. The Hall–Kier alpha value is -0.0800. The molecule has 0 amide bonds. The number of hydrogen-bond donors (Lipinski definition) is 1. The van der Waals surface area contributed by atoms with Gasteiger partial charge in [-0.15, -0.1) is 0 Å². The average Bonchev–Trinajstić information content (AvgIpc) is 2.68. The van der Waals surface area contributed by atoms with Gasteiger partial charge in [-0.1, -0.05) is 20.8 Å². The van der Waals surface area contributed by atoms with Crippen molar-refractivity contribution in [1.29, 1.82) is 0 Å². The molecule has 3 unspecified atom stereocenters. The fourth-order valence-electron chi connectivity index (χ4n) is 3.64. The zero-order valence-electron chi connectivity index (χ0n) is 11.9. The second-order valence-electron chi connectivity index (χ2n) is 6.25. The highest BCUT2D eigenvalue weighted by atomic mass is 15.2. The van der Waals surface area contributed by atoms with Gasteiger partial charge in [-0.25, -0.2) is 0 Å². The first kappa shape index (κ1) is 13.4. The molecule has 0 aromatic heterocycles. The van der Waals surface area contributed by atoms with E-state index in [0.29, 0.717) is 0 Å². The van der Waals surface area contributed by atoms with Gasteiger partial charge in [0.15, 0.2) is 0 Å². The lowest BCUT2D eigenvalue weighted by Crippen LogP contribution is -2.47. The van der Waals surface area contributed by atoms with Crippen LogP contribution in [-0.4, -0.2) is 36.6 Å². The van der Waals surface area contributed by atoms with Crippen LogP contribution in [0.5, 0.6) is 0 Å². The number of nitrogens with one attached hydrogen (secondary N) is 1. The minimum atomic E-state index is 0.792. The van der Waals surface area contributed by atoms with E-state index in [4.69, 9.17) is 0 Å². The van der Waals surface area contributed by atoms with Crippen LogP contribution < -0.4 is 5.32 Å². The van der Waals surface area contributed by atoms with Gasteiger partial charge >= 0.3 is 0 Å². The summed E-state index contributed by atoms with van der Waals surface area (Å²) in [6, 6.07) is 1.68. The van der Waals surface area contributed by atoms with Gasteiger partial charge in [-0.3, -0.25) is 4.90 Å². The minimum absolute atomic E-state index is 0.792. The molecule has 0 aromatic rings. The van der Waals surface area contributed by atoms with Gasteiger partial charge in [-0.05, 0) is 63.6 Å². The van der Waals surface area contributed by atoms with Crippen LogP contribution >= 0.6 is 0 Å². The van der Waals surface area contributed by atoms with Crippen molar-refractivity contribution < 1.29 is 0 Å². The fourth-order valence-corrected chi connectivity index (χ4v) is 3.64. The summed E-state index contributed by atoms with van der Waals surface area (Å²) in [5.74, 6) is 1.85. The van der Waals surface area contributed by atoms with Gasteiger partial charge in [0.05, 0.1) is 0 Å². The molecule has 2 fully saturated rings. The molecule has 1 heterocycles. The summed E-state index contributed by atoms with van der Waals surface area (Å²) in [6.07, 6.45) is 6.86. The molecule has 0 spiro atoms. The first-order valence-corrected chi connectivity index (χ1v) is 7.69. The molecular weight excluding hydrogens is 208 g/mol. The second-order valence-corrected chi connectivity index (χ2v) is 6.25. The van der Waals surface area contributed by atoms with Gasteiger partial charge in [-0.2, -0.15) is 0 Å². The lowest BCUT2D eigenvalue weighted by atomic mass is 9.94. The molecular formula is C15H30N2. The molecule has 100 valence electrons. The molecule has 3 atom stereocenters. The van der Waals surface area contributed by atoms with E-state index in [1.54, 1.807) is 0 Å². The van der Waals surface area contributed by atoms with E-state index in [1.807, 2.05) is 0 Å². The number of likely N-dealkylation sites (tertiary alicyclic amines) is 1. The molecule has 2 rings (SSSR count). The zero-order valence-corrected chi connectivity index (χ0v) is 11.9. The summed E-state index contributed by atoms with van der Waals surface area (Å²) in [6.45, 7) is 11.0. The monoisotopic (exact) mass is 238 g/mol. The van der Waals surface area contributed by atoms with Crippen molar-refractivity contribution in [3.8, 4) is 0 Å². The molecule has 2 aliphatic rings. The van der Waals surface area contributed by atoms with Crippen LogP contribution in [0, 0.1) is 11.8 Å². The normalized spacial score (nSPS) is 36.5. The van der Waals surface area contributed by atoms with Crippen molar-refractivity contribution in [2.24, 2.45) is 11.8 Å². The molecule has 0 radical (unpaired) electrons. The Morgan fingerprint density at radius 3 is 2.29 bits per heavy atom. The van der Waals surface area contributed by atoms with Gasteiger partial charge in [0.1, 0.15) is 0 Å². The fraction of sp³-hybridized carbons (Fsp3) is 1.00. The van der Waals surface area contributed by atoms with Crippen molar-refractivity contribution in [2.45, 2.75) is 65.0 Å². The summed E-state index contributed by atoms with van der Waals surface area (Å²) < 4.78 is 0. The molecule has 2 nitrogen and oxygen atoms in total. The standard InChI is InChI=1S/C15H30N2/c1-4-9-16-14-7-10-17(11-8-14)15-6-5-12(2)13(15)3/h12-16H,4-11H2,1-3H3. The maximum absolute atomic E-state index is 3.68. The predicted octanol–water partition coefficient (Wildman–Crippen LogP) is 2.89. The molecule has 0 bridgehead atoms. The van der Waals surface area contributed by atoms with Crippen molar-refractivity contribution in [3.05, 3.63) is 0 Å². The van der Waals surface area contributed by atoms with Crippen LogP contribution in [0.1, 0.15) is 52.9 Å². The minimum Gasteiger partial charge on any atom is -0.314 e. The summed E-state index contributed by atoms with van der Waals surface area (Å²) in [7, 11) is 0. The van der Waals surface area contributed by atoms with Crippen molar-refractivity contribution in [3.63, 3.8) is 0 Å². The average molecular weight is 238 g/mol. The van der Waals surface area contributed by atoms with E-state index in [-0.39, 0.29) is 0 Å². The SMILES string of the molecule is CCCNC1CCN(C2CCC(C)C2C)CC1. The Labute approximate surface area is 107 Å². The number of nitrogens with zero attached hydrogens (tertiary/aromatic N) is 1. The summed E-state index contributed by atoms with van der Waals surface area (Å²) in [5, 5.41) is 3.68. The van der Waals surface area contributed by atoms with Crippen molar-refractivity contribution in [2.75, 3.05) is 19.6 Å². The van der Waals surface area contributed by atoms with E-state index >= 15 is 0 Å². The lowest BCUT2D eigenvalue weighted by Gasteiger charge is -2.38. The summed E-state index contributed by atoms with van der Waals surface area (Å²) in [5.41, 5.74) is 0. The maximum atomic E-state index is 3.68. The highest BCUT2D eigenvalue weighted by Gasteiger charge is 2.35. The van der Waals surface area contributed by atoms with E-state index in [9.17, 15) is 0 Å². The van der Waals surface area contributed by atoms with E-state index in [2.05, 4.69) is 31.0 Å². The Kier molecular flexibility index (Phi) is 4.87. The maximum Gasteiger partial charge on any atom is 0.0123 e.